The molecule has 4 aromatic rings. The van der Waals surface area contributed by atoms with E-state index < -0.39 is 0 Å². The Labute approximate surface area is 160 Å². The third kappa shape index (κ3) is 2.81. The number of ether oxygens (including phenoxy) is 2. The van der Waals surface area contributed by atoms with Gasteiger partial charge in [-0.15, -0.1) is 0 Å². The molecule has 0 aliphatic carbocycles. The number of nitrogens with zero attached hydrogens (tertiary/aromatic N) is 2. The zero-order valence-corrected chi connectivity index (χ0v) is 14.8. The average Bonchev–Trinajstić information content (AvgIpc) is 3.38. The summed E-state index contributed by atoms with van der Waals surface area (Å²) in [6.07, 6.45) is 1.71. The third-order valence-corrected chi connectivity index (χ3v) is 4.58. The molecule has 6 heteroatoms. The van der Waals surface area contributed by atoms with Gasteiger partial charge in [-0.1, -0.05) is 30.3 Å². The molecule has 0 radical (unpaired) electrons. The fourth-order valence-corrected chi connectivity index (χ4v) is 3.18. The van der Waals surface area contributed by atoms with Crippen LogP contribution in [0.2, 0.25) is 0 Å². The highest BCUT2D eigenvalue weighted by Crippen LogP contribution is 2.32. The maximum atomic E-state index is 13.1. The van der Waals surface area contributed by atoms with E-state index in [-0.39, 0.29) is 12.6 Å². The van der Waals surface area contributed by atoms with E-state index in [1.165, 1.54) is 0 Å². The molecule has 0 spiro atoms. The van der Waals surface area contributed by atoms with Gasteiger partial charge in [-0.2, -0.15) is 5.10 Å². The number of ketones is 1. The molecule has 1 N–H and O–H groups in total. The first-order chi connectivity index (χ1) is 13.8. The van der Waals surface area contributed by atoms with Crippen LogP contribution in [-0.4, -0.2) is 29.0 Å². The SMILES string of the molecule is O=C(c1ccccc1N=Cc1ccc2c(c1)OCO2)c1n[nH]c2ccccc12. The van der Waals surface area contributed by atoms with Crippen molar-refractivity contribution in [1.29, 1.82) is 0 Å². The van der Waals surface area contributed by atoms with E-state index in [2.05, 4.69) is 15.2 Å². The minimum absolute atomic E-state index is 0.170. The van der Waals surface area contributed by atoms with E-state index >= 15 is 0 Å². The van der Waals surface area contributed by atoms with Crippen LogP contribution in [0.5, 0.6) is 11.5 Å². The Morgan fingerprint density at radius 1 is 1.00 bits per heavy atom. The van der Waals surface area contributed by atoms with E-state index in [0.29, 0.717) is 22.7 Å². The summed E-state index contributed by atoms with van der Waals surface area (Å²) in [5.74, 6) is 1.24. The number of rotatable bonds is 4. The monoisotopic (exact) mass is 369 g/mol. The highest BCUT2D eigenvalue weighted by Gasteiger charge is 2.18. The van der Waals surface area contributed by atoms with E-state index in [0.717, 1.165) is 22.2 Å². The molecule has 6 nitrogen and oxygen atoms in total. The lowest BCUT2D eigenvalue weighted by molar-refractivity contribution is 0.103. The Hall–Kier alpha value is -3.93. The summed E-state index contributed by atoms with van der Waals surface area (Å²) in [5.41, 5.74) is 3.15. The van der Waals surface area contributed by atoms with Crippen LogP contribution in [0.3, 0.4) is 0 Å². The number of aromatic amines is 1. The van der Waals surface area contributed by atoms with Gasteiger partial charge in [-0.25, -0.2) is 0 Å². The first kappa shape index (κ1) is 16.3. The number of fused-ring (bicyclic) bond motifs is 2. The lowest BCUT2D eigenvalue weighted by atomic mass is 10.0. The molecule has 2 heterocycles. The average molecular weight is 369 g/mol. The Morgan fingerprint density at radius 3 is 2.79 bits per heavy atom. The Morgan fingerprint density at radius 2 is 1.82 bits per heavy atom. The Balaban J connectivity index is 1.50. The van der Waals surface area contributed by atoms with Gasteiger partial charge in [0.15, 0.2) is 11.5 Å². The normalized spacial score (nSPS) is 12.7. The van der Waals surface area contributed by atoms with Crippen LogP contribution in [0.1, 0.15) is 21.6 Å². The minimum Gasteiger partial charge on any atom is -0.454 e. The maximum absolute atomic E-state index is 13.1. The van der Waals surface area contributed by atoms with Crippen LogP contribution in [0.25, 0.3) is 10.9 Å². The summed E-state index contributed by atoms with van der Waals surface area (Å²) in [6, 6.07) is 20.4. The van der Waals surface area contributed by atoms with Crippen molar-refractivity contribution in [2.24, 2.45) is 4.99 Å². The van der Waals surface area contributed by atoms with Gasteiger partial charge in [0.25, 0.3) is 0 Å². The second-order valence-electron chi connectivity index (χ2n) is 6.33. The summed E-state index contributed by atoms with van der Waals surface area (Å²) < 4.78 is 10.7. The molecule has 0 saturated heterocycles. The van der Waals surface area contributed by atoms with Crippen molar-refractivity contribution in [3.8, 4) is 11.5 Å². The molecule has 1 aromatic heterocycles. The van der Waals surface area contributed by atoms with E-state index in [1.807, 2.05) is 60.7 Å². The molecule has 1 aliphatic heterocycles. The topological polar surface area (TPSA) is 76.6 Å². The fourth-order valence-electron chi connectivity index (χ4n) is 3.18. The molecule has 1 aliphatic rings. The summed E-state index contributed by atoms with van der Waals surface area (Å²) >= 11 is 0. The lowest BCUT2D eigenvalue weighted by Crippen LogP contribution is -2.03. The molecule has 0 unspecified atom stereocenters. The van der Waals surface area contributed by atoms with Crippen molar-refractivity contribution >= 4 is 28.6 Å². The summed E-state index contributed by atoms with van der Waals surface area (Å²) in [7, 11) is 0. The summed E-state index contributed by atoms with van der Waals surface area (Å²) in [6.45, 7) is 0.227. The lowest BCUT2D eigenvalue weighted by Gasteiger charge is -2.03. The van der Waals surface area contributed by atoms with Gasteiger partial charge in [0.2, 0.25) is 12.6 Å². The van der Waals surface area contributed by atoms with Crippen molar-refractivity contribution < 1.29 is 14.3 Å². The van der Waals surface area contributed by atoms with Gasteiger partial charge in [-0.3, -0.25) is 14.9 Å². The molecule has 0 saturated carbocycles. The molecular formula is C22H15N3O3. The number of hydrogen-bond acceptors (Lipinski definition) is 5. The van der Waals surface area contributed by atoms with Gasteiger partial charge < -0.3 is 9.47 Å². The molecular weight excluding hydrogens is 354 g/mol. The van der Waals surface area contributed by atoms with Gasteiger partial charge in [0, 0.05) is 17.2 Å². The van der Waals surface area contributed by atoms with Crippen LogP contribution in [0.15, 0.2) is 71.7 Å². The summed E-state index contributed by atoms with van der Waals surface area (Å²) in [4.78, 5) is 17.6. The molecule has 0 amide bonds. The molecule has 136 valence electrons. The van der Waals surface area contributed by atoms with Gasteiger partial charge in [0.05, 0.1) is 11.2 Å². The smallest absolute Gasteiger partial charge is 0.231 e. The molecule has 3 aromatic carbocycles. The predicted molar refractivity (Wildman–Crippen MR) is 106 cm³/mol. The van der Waals surface area contributed by atoms with Crippen molar-refractivity contribution in [3.63, 3.8) is 0 Å². The van der Waals surface area contributed by atoms with Crippen LogP contribution in [-0.2, 0) is 0 Å². The Kier molecular flexibility index (Phi) is 3.87. The van der Waals surface area contributed by atoms with Gasteiger partial charge >= 0.3 is 0 Å². The largest absolute Gasteiger partial charge is 0.454 e. The van der Waals surface area contributed by atoms with Crippen molar-refractivity contribution in [2.45, 2.75) is 0 Å². The fraction of sp³-hybridized carbons (Fsp3) is 0.0455. The van der Waals surface area contributed by atoms with Crippen LogP contribution < -0.4 is 9.47 Å². The van der Waals surface area contributed by atoms with Crippen LogP contribution in [0, 0.1) is 0 Å². The highest BCUT2D eigenvalue weighted by molar-refractivity contribution is 6.17. The van der Waals surface area contributed by atoms with E-state index in [1.54, 1.807) is 12.3 Å². The standard InChI is InChI=1S/C22H15N3O3/c26-22(21-15-5-1-4-8-18(15)24-25-21)16-6-2-3-7-17(16)23-12-14-9-10-19-20(11-14)28-13-27-19/h1-12H,13H2,(H,24,25). The number of hydrogen-bond donors (Lipinski definition) is 1. The third-order valence-electron chi connectivity index (χ3n) is 4.58. The maximum Gasteiger partial charge on any atom is 0.231 e. The zero-order valence-electron chi connectivity index (χ0n) is 14.8. The second kappa shape index (κ2) is 6.66. The molecule has 28 heavy (non-hydrogen) atoms. The van der Waals surface area contributed by atoms with Gasteiger partial charge in [0.1, 0.15) is 5.69 Å². The number of H-pyrrole nitrogens is 1. The summed E-state index contributed by atoms with van der Waals surface area (Å²) in [5, 5.41) is 7.91. The number of aromatic nitrogens is 2. The van der Waals surface area contributed by atoms with E-state index in [4.69, 9.17) is 9.47 Å². The second-order valence-corrected chi connectivity index (χ2v) is 6.33. The minimum atomic E-state index is -0.170. The van der Waals surface area contributed by atoms with Crippen molar-refractivity contribution in [1.82, 2.24) is 10.2 Å². The first-order valence-electron chi connectivity index (χ1n) is 8.80. The van der Waals surface area contributed by atoms with Crippen LogP contribution >= 0.6 is 0 Å². The highest BCUT2D eigenvalue weighted by atomic mass is 16.7. The molecule has 0 atom stereocenters. The number of carbonyl (C=O) groups excluding carboxylic acids is 1. The number of para-hydroxylation sites is 2. The quantitative estimate of drug-likeness (QED) is 0.430. The van der Waals surface area contributed by atoms with Crippen LogP contribution in [0.4, 0.5) is 5.69 Å². The van der Waals surface area contributed by atoms with E-state index in [9.17, 15) is 4.79 Å². The molecule has 5 rings (SSSR count). The first-order valence-corrected chi connectivity index (χ1v) is 8.80. The Bertz CT molecular complexity index is 1230. The van der Waals surface area contributed by atoms with Gasteiger partial charge in [-0.05, 0) is 42.0 Å². The number of carbonyl (C=O) groups is 1. The molecule has 0 fully saturated rings. The van der Waals surface area contributed by atoms with Crippen molar-refractivity contribution in [3.05, 3.63) is 83.6 Å². The number of benzene rings is 3. The van der Waals surface area contributed by atoms with Crippen molar-refractivity contribution in [2.75, 3.05) is 6.79 Å². The molecule has 0 bridgehead atoms. The number of aliphatic imine (C=N–C) groups is 1. The zero-order chi connectivity index (χ0) is 18.9. The predicted octanol–water partition coefficient (Wildman–Crippen LogP) is 4.27. The number of nitrogens with one attached hydrogen (secondary N) is 1.